The van der Waals surface area contributed by atoms with Gasteiger partial charge in [0.15, 0.2) is 0 Å². The number of halogens is 2. The first-order chi connectivity index (χ1) is 13.6. The van der Waals surface area contributed by atoms with Crippen LogP contribution >= 0.6 is 23.2 Å². The van der Waals surface area contributed by atoms with Crippen LogP contribution in [0, 0.1) is 0 Å². The highest BCUT2D eigenvalue weighted by atomic mass is 35.5. The van der Waals surface area contributed by atoms with Gasteiger partial charge in [-0.05, 0) is 55.0 Å². The minimum absolute atomic E-state index is 0.122. The summed E-state index contributed by atoms with van der Waals surface area (Å²) >= 11 is 12.5. The molecule has 0 bridgehead atoms. The molecule has 144 valence electrons. The lowest BCUT2D eigenvalue weighted by Crippen LogP contribution is -2.15. The van der Waals surface area contributed by atoms with Crippen LogP contribution in [0.2, 0.25) is 10.0 Å². The zero-order chi connectivity index (χ0) is 19.9. The Labute approximate surface area is 174 Å². The molecule has 0 atom stereocenters. The van der Waals surface area contributed by atoms with Crippen LogP contribution in [0.15, 0.2) is 66.7 Å². The van der Waals surface area contributed by atoms with E-state index in [1.54, 1.807) is 18.2 Å². The average Bonchev–Trinajstić information content (AvgIpc) is 2.68. The first-order valence-electron chi connectivity index (χ1n) is 8.88. The number of hydrogen-bond donors (Lipinski definition) is 2. The molecule has 1 amide bonds. The molecule has 0 aromatic heterocycles. The second-order valence-electron chi connectivity index (χ2n) is 6.06. The molecule has 3 aromatic carbocycles. The van der Waals surface area contributed by atoms with Gasteiger partial charge in [0.2, 0.25) is 5.91 Å². The Hall–Kier alpha value is -2.69. The van der Waals surface area contributed by atoms with Gasteiger partial charge in [-0.1, -0.05) is 47.5 Å². The molecule has 3 rings (SSSR count). The van der Waals surface area contributed by atoms with E-state index in [9.17, 15) is 4.79 Å². The van der Waals surface area contributed by atoms with Gasteiger partial charge in [-0.25, -0.2) is 0 Å². The number of amides is 1. The molecule has 0 saturated carbocycles. The van der Waals surface area contributed by atoms with Crippen molar-refractivity contribution in [2.45, 2.75) is 13.3 Å². The van der Waals surface area contributed by atoms with Crippen LogP contribution in [0.1, 0.15) is 12.5 Å². The number of benzene rings is 3. The summed E-state index contributed by atoms with van der Waals surface area (Å²) in [7, 11) is 0. The van der Waals surface area contributed by atoms with Crippen LogP contribution < -0.4 is 15.4 Å². The Balaban J connectivity index is 1.71. The largest absolute Gasteiger partial charge is 0.494 e. The second-order valence-corrected chi connectivity index (χ2v) is 6.88. The lowest BCUT2D eigenvalue weighted by atomic mass is 10.1. The number of hydrogen-bond acceptors (Lipinski definition) is 3. The van der Waals surface area contributed by atoms with Gasteiger partial charge >= 0.3 is 0 Å². The fraction of sp³-hybridized carbons (Fsp3) is 0.136. The summed E-state index contributed by atoms with van der Waals surface area (Å²) < 4.78 is 5.41. The molecule has 4 nitrogen and oxygen atoms in total. The zero-order valence-electron chi connectivity index (χ0n) is 15.3. The summed E-state index contributed by atoms with van der Waals surface area (Å²) in [5, 5.41) is 7.17. The molecule has 28 heavy (non-hydrogen) atoms. The highest BCUT2D eigenvalue weighted by molar-refractivity contribution is 6.39. The monoisotopic (exact) mass is 414 g/mol. The second kappa shape index (κ2) is 9.49. The van der Waals surface area contributed by atoms with Crippen molar-refractivity contribution < 1.29 is 9.53 Å². The molecule has 0 fully saturated rings. The predicted molar refractivity (Wildman–Crippen MR) is 116 cm³/mol. The van der Waals surface area contributed by atoms with Crippen LogP contribution in [0.25, 0.3) is 0 Å². The average molecular weight is 415 g/mol. The van der Waals surface area contributed by atoms with Crippen LogP contribution in [-0.4, -0.2) is 12.5 Å². The topological polar surface area (TPSA) is 50.4 Å². The smallest absolute Gasteiger partial charge is 0.228 e. The first kappa shape index (κ1) is 20.1. The molecule has 3 aromatic rings. The number of ether oxygens (including phenoxy) is 1. The van der Waals surface area contributed by atoms with E-state index >= 15 is 0 Å². The van der Waals surface area contributed by atoms with Gasteiger partial charge in [0.05, 0.1) is 28.8 Å². The van der Waals surface area contributed by atoms with E-state index in [1.807, 2.05) is 55.5 Å². The quantitative estimate of drug-likeness (QED) is 0.475. The Morgan fingerprint density at radius 2 is 1.61 bits per heavy atom. The summed E-state index contributed by atoms with van der Waals surface area (Å²) in [4.78, 5) is 12.5. The van der Waals surface area contributed by atoms with Crippen LogP contribution in [0.4, 0.5) is 17.1 Å². The molecule has 2 N–H and O–H groups in total. The Kier molecular flexibility index (Phi) is 6.80. The summed E-state index contributed by atoms with van der Waals surface area (Å²) in [6.07, 6.45) is 0.207. The van der Waals surface area contributed by atoms with Crippen molar-refractivity contribution in [3.63, 3.8) is 0 Å². The number of para-hydroxylation sites is 2. The highest BCUT2D eigenvalue weighted by Crippen LogP contribution is 2.33. The van der Waals surface area contributed by atoms with Gasteiger partial charge < -0.3 is 15.4 Å². The van der Waals surface area contributed by atoms with Gasteiger partial charge in [0.25, 0.3) is 0 Å². The predicted octanol–water partition coefficient (Wildman–Crippen LogP) is 6.32. The third-order valence-electron chi connectivity index (χ3n) is 4.04. The van der Waals surface area contributed by atoms with E-state index in [0.29, 0.717) is 28.0 Å². The van der Waals surface area contributed by atoms with E-state index in [0.717, 1.165) is 17.0 Å². The molecular formula is C22H20Cl2N2O2. The van der Waals surface area contributed by atoms with Gasteiger partial charge in [0, 0.05) is 11.4 Å². The highest BCUT2D eigenvalue weighted by Gasteiger charge is 2.11. The van der Waals surface area contributed by atoms with Crippen molar-refractivity contribution in [3.05, 3.63) is 82.3 Å². The first-order valence-corrected chi connectivity index (χ1v) is 9.64. The molecule has 0 aliphatic rings. The molecule has 0 radical (unpaired) electrons. The minimum atomic E-state index is -0.122. The van der Waals surface area contributed by atoms with E-state index in [1.165, 1.54) is 0 Å². The van der Waals surface area contributed by atoms with Crippen molar-refractivity contribution in [2.24, 2.45) is 0 Å². The molecule has 0 spiro atoms. The van der Waals surface area contributed by atoms with Crippen molar-refractivity contribution in [1.29, 1.82) is 0 Å². The third kappa shape index (κ3) is 5.18. The summed E-state index contributed by atoms with van der Waals surface area (Å²) in [5.41, 5.74) is 2.94. The zero-order valence-corrected chi connectivity index (χ0v) is 16.8. The van der Waals surface area contributed by atoms with E-state index in [4.69, 9.17) is 27.9 Å². The summed E-state index contributed by atoms with van der Waals surface area (Å²) in [6, 6.07) is 20.2. The maximum atomic E-state index is 12.5. The minimum Gasteiger partial charge on any atom is -0.494 e. The number of carbonyl (C=O) groups is 1. The van der Waals surface area contributed by atoms with Crippen LogP contribution in [0.5, 0.6) is 5.75 Å². The molecular weight excluding hydrogens is 395 g/mol. The molecule has 6 heteroatoms. The number of anilines is 3. The van der Waals surface area contributed by atoms with Gasteiger partial charge in [-0.2, -0.15) is 0 Å². The van der Waals surface area contributed by atoms with E-state index < -0.39 is 0 Å². The Bertz CT molecular complexity index is 939. The number of carbonyl (C=O) groups excluding carboxylic acids is 1. The lowest BCUT2D eigenvalue weighted by Gasteiger charge is -2.14. The van der Waals surface area contributed by atoms with Crippen molar-refractivity contribution in [1.82, 2.24) is 0 Å². The normalized spacial score (nSPS) is 10.4. The molecule has 0 aliphatic heterocycles. The van der Waals surface area contributed by atoms with Gasteiger partial charge in [-0.3, -0.25) is 4.79 Å². The van der Waals surface area contributed by atoms with Crippen molar-refractivity contribution in [3.8, 4) is 5.75 Å². The Morgan fingerprint density at radius 3 is 2.29 bits per heavy atom. The molecule has 0 saturated heterocycles. The standard InChI is InChI=1S/C22H20Cl2N2O2/c1-2-28-17-12-10-16(11-13-17)25-21(27)14-15-6-3-4-9-20(15)26-22-18(23)7-5-8-19(22)24/h3-13,26H,2,14H2,1H3,(H,25,27). The maximum absolute atomic E-state index is 12.5. The molecule has 0 heterocycles. The fourth-order valence-electron chi connectivity index (χ4n) is 2.73. The maximum Gasteiger partial charge on any atom is 0.228 e. The van der Waals surface area contributed by atoms with E-state index in [2.05, 4.69) is 10.6 Å². The van der Waals surface area contributed by atoms with E-state index in [-0.39, 0.29) is 12.3 Å². The van der Waals surface area contributed by atoms with Crippen LogP contribution in [0.3, 0.4) is 0 Å². The summed E-state index contributed by atoms with van der Waals surface area (Å²) in [5.74, 6) is 0.648. The number of rotatable bonds is 7. The molecule has 0 aliphatic carbocycles. The lowest BCUT2D eigenvalue weighted by molar-refractivity contribution is -0.115. The van der Waals surface area contributed by atoms with Crippen molar-refractivity contribution >= 4 is 46.2 Å². The fourth-order valence-corrected chi connectivity index (χ4v) is 3.22. The van der Waals surface area contributed by atoms with Gasteiger partial charge in [0.1, 0.15) is 5.75 Å². The Morgan fingerprint density at radius 1 is 0.929 bits per heavy atom. The molecule has 0 unspecified atom stereocenters. The van der Waals surface area contributed by atoms with Crippen LogP contribution in [-0.2, 0) is 11.2 Å². The number of nitrogens with one attached hydrogen (secondary N) is 2. The SMILES string of the molecule is CCOc1ccc(NC(=O)Cc2ccccc2Nc2c(Cl)cccc2Cl)cc1. The van der Waals surface area contributed by atoms with Crippen molar-refractivity contribution in [2.75, 3.05) is 17.2 Å². The van der Waals surface area contributed by atoms with Gasteiger partial charge in [-0.15, -0.1) is 0 Å². The summed E-state index contributed by atoms with van der Waals surface area (Å²) in [6.45, 7) is 2.53. The third-order valence-corrected chi connectivity index (χ3v) is 4.67.